The van der Waals surface area contributed by atoms with Gasteiger partial charge >= 0.3 is 5.69 Å². The smallest absolute Gasteiger partial charge is 0.292 e. The molecule has 2 aromatic carbocycles. The van der Waals surface area contributed by atoms with Crippen LogP contribution in [0.15, 0.2) is 53.3 Å². The van der Waals surface area contributed by atoms with Crippen LogP contribution in [0.2, 0.25) is 5.02 Å². The second-order valence-electron chi connectivity index (χ2n) is 5.61. The highest BCUT2D eigenvalue weighted by atomic mass is 35.5. The van der Waals surface area contributed by atoms with E-state index in [0.29, 0.717) is 22.6 Å². The molecule has 1 heterocycles. The number of hydrazine groups is 1. The van der Waals surface area contributed by atoms with Crippen molar-refractivity contribution in [1.29, 1.82) is 0 Å². The molecular weight excluding hydrogens is 356 g/mol. The lowest BCUT2D eigenvalue weighted by Crippen LogP contribution is -2.44. The predicted molar refractivity (Wildman–Crippen MR) is 98.9 cm³/mol. The van der Waals surface area contributed by atoms with Crippen molar-refractivity contribution in [3.05, 3.63) is 69.6 Å². The molecule has 0 radical (unpaired) electrons. The summed E-state index contributed by atoms with van der Waals surface area (Å²) < 4.78 is 2.97. The monoisotopic (exact) mass is 372 g/mol. The molecule has 3 rings (SSSR count). The highest BCUT2D eigenvalue weighted by molar-refractivity contribution is 6.30. The Bertz CT molecular complexity index is 1020. The average molecular weight is 373 g/mol. The number of hydrogen-bond acceptors (Lipinski definition) is 3. The number of para-hydroxylation sites is 2. The molecule has 1 aromatic heterocycles. The molecule has 3 aromatic rings. The fraction of sp³-hybridized carbons (Fsp3) is 0.167. The fourth-order valence-corrected chi connectivity index (χ4v) is 2.84. The van der Waals surface area contributed by atoms with E-state index in [0.717, 1.165) is 5.52 Å². The molecule has 2 amide bonds. The van der Waals surface area contributed by atoms with Crippen LogP contribution >= 0.6 is 11.6 Å². The van der Waals surface area contributed by atoms with Gasteiger partial charge in [0.2, 0.25) is 0 Å². The van der Waals surface area contributed by atoms with Gasteiger partial charge in [-0.3, -0.25) is 29.6 Å². The Labute approximate surface area is 154 Å². The van der Waals surface area contributed by atoms with Gasteiger partial charge in [0.25, 0.3) is 11.8 Å². The quantitative estimate of drug-likeness (QED) is 0.686. The summed E-state index contributed by atoms with van der Waals surface area (Å²) in [6, 6.07) is 13.5. The summed E-state index contributed by atoms with van der Waals surface area (Å²) in [5.74, 6) is -0.980. The zero-order chi connectivity index (χ0) is 18.7. The highest BCUT2D eigenvalue weighted by Crippen LogP contribution is 2.12. The number of imidazole rings is 1. The predicted octanol–water partition coefficient (Wildman–Crippen LogP) is 1.94. The number of benzene rings is 2. The largest absolute Gasteiger partial charge is 0.329 e. The van der Waals surface area contributed by atoms with Crippen LogP contribution in [0.25, 0.3) is 11.0 Å². The van der Waals surface area contributed by atoms with Crippen molar-refractivity contribution in [2.45, 2.75) is 20.0 Å². The van der Waals surface area contributed by atoms with Crippen LogP contribution in [0.1, 0.15) is 17.3 Å². The molecule has 0 atom stereocenters. The lowest BCUT2D eigenvalue weighted by Gasteiger charge is -2.08. The normalized spacial score (nSPS) is 10.7. The van der Waals surface area contributed by atoms with Crippen molar-refractivity contribution in [1.82, 2.24) is 20.0 Å². The van der Waals surface area contributed by atoms with Crippen molar-refractivity contribution in [3.8, 4) is 0 Å². The number of carbonyl (C=O) groups is 2. The summed E-state index contributed by atoms with van der Waals surface area (Å²) in [6.45, 7) is 2.17. The van der Waals surface area contributed by atoms with E-state index < -0.39 is 11.8 Å². The van der Waals surface area contributed by atoms with Crippen molar-refractivity contribution in [3.63, 3.8) is 0 Å². The van der Waals surface area contributed by atoms with Crippen molar-refractivity contribution in [2.75, 3.05) is 0 Å². The molecule has 0 unspecified atom stereocenters. The standard InChI is InChI=1S/C18H17ClN4O3/c1-2-22-14-5-3-4-6-15(14)23(18(22)26)11-16(24)20-21-17(25)12-7-9-13(19)10-8-12/h3-10H,2,11H2,1H3,(H,20,24)(H,21,25). The van der Waals surface area contributed by atoms with Crippen molar-refractivity contribution < 1.29 is 9.59 Å². The number of rotatable bonds is 4. The lowest BCUT2D eigenvalue weighted by atomic mass is 10.2. The summed E-state index contributed by atoms with van der Waals surface area (Å²) in [4.78, 5) is 36.7. The van der Waals surface area contributed by atoms with Crippen molar-refractivity contribution in [2.24, 2.45) is 0 Å². The van der Waals surface area contributed by atoms with Gasteiger partial charge in [0, 0.05) is 17.1 Å². The van der Waals surface area contributed by atoms with Gasteiger partial charge in [0.1, 0.15) is 6.54 Å². The third-order valence-electron chi connectivity index (χ3n) is 3.96. The molecule has 0 aliphatic rings. The zero-order valence-electron chi connectivity index (χ0n) is 14.0. The van der Waals surface area contributed by atoms with Crippen LogP contribution in [0.5, 0.6) is 0 Å². The van der Waals surface area contributed by atoms with Crippen LogP contribution in [0.3, 0.4) is 0 Å². The molecule has 7 nitrogen and oxygen atoms in total. The third-order valence-corrected chi connectivity index (χ3v) is 4.22. The van der Waals surface area contributed by atoms with Crippen LogP contribution in [0.4, 0.5) is 0 Å². The number of aryl methyl sites for hydroxylation is 1. The number of hydrogen-bond donors (Lipinski definition) is 2. The van der Waals surface area contributed by atoms with Gasteiger partial charge in [0.05, 0.1) is 11.0 Å². The molecule has 8 heteroatoms. The third kappa shape index (κ3) is 3.48. The van der Waals surface area contributed by atoms with Gasteiger partial charge in [-0.15, -0.1) is 0 Å². The Hall–Kier alpha value is -3.06. The van der Waals surface area contributed by atoms with E-state index in [1.54, 1.807) is 41.0 Å². The van der Waals surface area contributed by atoms with Gasteiger partial charge < -0.3 is 0 Å². The fourth-order valence-electron chi connectivity index (χ4n) is 2.71. The van der Waals surface area contributed by atoms with E-state index >= 15 is 0 Å². The zero-order valence-corrected chi connectivity index (χ0v) is 14.8. The van der Waals surface area contributed by atoms with Gasteiger partial charge in [-0.1, -0.05) is 23.7 Å². The minimum atomic E-state index is -0.506. The summed E-state index contributed by atoms with van der Waals surface area (Å²) in [6.07, 6.45) is 0. The number of nitrogens with one attached hydrogen (secondary N) is 2. The van der Waals surface area contributed by atoms with Crippen molar-refractivity contribution >= 4 is 34.4 Å². The lowest BCUT2D eigenvalue weighted by molar-refractivity contribution is -0.122. The minimum absolute atomic E-state index is 0.201. The Kier molecular flexibility index (Phi) is 5.09. The topological polar surface area (TPSA) is 85.1 Å². The maximum Gasteiger partial charge on any atom is 0.329 e. The molecule has 2 N–H and O–H groups in total. The Morgan fingerprint density at radius 3 is 2.19 bits per heavy atom. The average Bonchev–Trinajstić information content (AvgIpc) is 2.91. The molecule has 0 aliphatic carbocycles. The van der Waals surface area contributed by atoms with Crippen LogP contribution < -0.4 is 16.5 Å². The highest BCUT2D eigenvalue weighted by Gasteiger charge is 2.15. The first-order valence-corrected chi connectivity index (χ1v) is 8.42. The maximum atomic E-state index is 12.5. The first-order valence-electron chi connectivity index (χ1n) is 8.04. The number of aromatic nitrogens is 2. The van der Waals surface area contributed by atoms with Crippen LogP contribution in [-0.4, -0.2) is 20.9 Å². The minimum Gasteiger partial charge on any atom is -0.292 e. The molecule has 0 saturated heterocycles. The van der Waals surface area contributed by atoms with E-state index in [9.17, 15) is 14.4 Å². The van der Waals surface area contributed by atoms with Gasteiger partial charge in [-0.25, -0.2) is 4.79 Å². The molecule has 0 aliphatic heterocycles. The molecule has 0 saturated carbocycles. The second kappa shape index (κ2) is 7.45. The second-order valence-corrected chi connectivity index (χ2v) is 6.05. The summed E-state index contributed by atoms with van der Waals surface area (Å²) in [7, 11) is 0. The van der Waals surface area contributed by atoms with E-state index in [2.05, 4.69) is 10.9 Å². The van der Waals surface area contributed by atoms with Gasteiger partial charge in [0.15, 0.2) is 0 Å². The summed E-state index contributed by atoms with van der Waals surface area (Å²) in [5, 5.41) is 0.511. The SMILES string of the molecule is CCn1c(=O)n(CC(=O)NNC(=O)c2ccc(Cl)cc2)c2ccccc21. The summed E-state index contributed by atoms with van der Waals surface area (Å²) >= 11 is 5.77. The van der Waals surface area contributed by atoms with Crippen LogP contribution in [-0.2, 0) is 17.9 Å². The Balaban J connectivity index is 1.72. The number of carbonyl (C=O) groups excluding carboxylic acids is 2. The molecule has 0 bridgehead atoms. The van der Waals surface area contributed by atoms with Gasteiger partial charge in [-0.05, 0) is 43.3 Å². The van der Waals surface area contributed by atoms with E-state index in [-0.39, 0.29) is 12.2 Å². The first-order chi connectivity index (χ1) is 12.5. The number of amides is 2. The van der Waals surface area contributed by atoms with E-state index in [1.807, 2.05) is 19.1 Å². The molecular formula is C18H17ClN4O3. The number of halogens is 1. The van der Waals surface area contributed by atoms with E-state index in [1.165, 1.54) is 4.57 Å². The van der Waals surface area contributed by atoms with E-state index in [4.69, 9.17) is 11.6 Å². The Morgan fingerprint density at radius 1 is 0.962 bits per heavy atom. The summed E-state index contributed by atoms with van der Waals surface area (Å²) in [5.41, 5.74) is 6.16. The number of nitrogens with zero attached hydrogens (tertiary/aromatic N) is 2. The molecule has 134 valence electrons. The van der Waals surface area contributed by atoms with Gasteiger partial charge in [-0.2, -0.15) is 0 Å². The number of fused-ring (bicyclic) bond motifs is 1. The first kappa shape index (κ1) is 17.8. The molecule has 0 fully saturated rings. The Morgan fingerprint density at radius 2 is 1.58 bits per heavy atom. The molecule has 0 spiro atoms. The molecule has 26 heavy (non-hydrogen) atoms. The van der Waals surface area contributed by atoms with Crippen LogP contribution in [0, 0.1) is 0 Å². The maximum absolute atomic E-state index is 12.5.